The van der Waals surface area contributed by atoms with Crippen molar-refractivity contribution in [2.75, 3.05) is 10.8 Å². The quantitative estimate of drug-likeness (QED) is 0.669. The molecule has 1 saturated heterocycles. The lowest BCUT2D eigenvalue weighted by Crippen LogP contribution is -2.30. The number of nitrogens with zero attached hydrogens (tertiary/aromatic N) is 2. The molecule has 0 radical (unpaired) electrons. The molecule has 0 spiro atoms. The average Bonchev–Trinajstić information content (AvgIpc) is 3.29. The summed E-state index contributed by atoms with van der Waals surface area (Å²) in [6, 6.07) is 2.67. The van der Waals surface area contributed by atoms with E-state index in [-0.39, 0.29) is 0 Å². The van der Waals surface area contributed by atoms with Gasteiger partial charge >= 0.3 is 10.2 Å². The van der Waals surface area contributed by atoms with Crippen molar-refractivity contribution < 1.29 is 27.1 Å². The molecule has 31 heavy (non-hydrogen) atoms. The fraction of sp³-hybridized carbons (Fsp3) is 0.524. The van der Waals surface area contributed by atoms with Gasteiger partial charge in [-0.2, -0.15) is 8.42 Å². The Morgan fingerprint density at radius 3 is 2.77 bits per heavy atom. The van der Waals surface area contributed by atoms with Crippen LogP contribution in [0.5, 0.6) is 5.75 Å². The first-order valence-electron chi connectivity index (χ1n) is 10.5. The van der Waals surface area contributed by atoms with Crippen molar-refractivity contribution in [1.82, 2.24) is 9.71 Å². The van der Waals surface area contributed by atoms with Crippen LogP contribution in [-0.4, -0.2) is 31.0 Å². The van der Waals surface area contributed by atoms with Gasteiger partial charge in [0.05, 0.1) is 5.69 Å². The molecule has 8 nitrogen and oxygen atoms in total. The number of benzene rings is 1. The van der Waals surface area contributed by atoms with Gasteiger partial charge in [-0.3, -0.25) is 4.79 Å². The zero-order valence-electron chi connectivity index (χ0n) is 17.1. The van der Waals surface area contributed by atoms with Gasteiger partial charge in [0, 0.05) is 0 Å². The first-order valence-corrected chi connectivity index (χ1v) is 12.0. The van der Waals surface area contributed by atoms with Crippen molar-refractivity contribution in [3.8, 4) is 5.75 Å². The van der Waals surface area contributed by atoms with E-state index in [2.05, 4.69) is 4.98 Å². The largest absolute Gasteiger partial charge is 0.506 e. The van der Waals surface area contributed by atoms with Crippen molar-refractivity contribution in [2.45, 2.75) is 51.4 Å². The Morgan fingerprint density at radius 1 is 1.29 bits per heavy atom. The molecule has 2 fully saturated rings. The Morgan fingerprint density at radius 2 is 2.10 bits per heavy atom. The zero-order valence-corrected chi connectivity index (χ0v) is 17.9. The van der Waals surface area contributed by atoms with E-state index >= 15 is 0 Å². The minimum Gasteiger partial charge on any atom is -0.506 e. The molecule has 1 aliphatic heterocycles. The van der Waals surface area contributed by atoms with E-state index in [9.17, 15) is 22.7 Å². The van der Waals surface area contributed by atoms with E-state index in [0.717, 1.165) is 44.2 Å². The topological polar surface area (TPSA) is 113 Å². The molecule has 2 atom stereocenters. The SMILES string of the molecule is O=C1CN(c2c(O)cc(CC3CCCC(CCCc4cocn4)C3)cc2F)S(=O)(=O)N1. The third kappa shape index (κ3) is 5.00. The van der Waals surface area contributed by atoms with E-state index < -0.39 is 39.9 Å². The maximum atomic E-state index is 14.7. The van der Waals surface area contributed by atoms with Crippen LogP contribution in [0.2, 0.25) is 0 Å². The zero-order chi connectivity index (χ0) is 22.0. The van der Waals surface area contributed by atoms with E-state index in [1.54, 1.807) is 11.0 Å². The summed E-state index contributed by atoms with van der Waals surface area (Å²) in [5.74, 6) is -1.10. The number of rotatable bonds is 7. The molecule has 2 unspecified atom stereocenters. The fourth-order valence-electron chi connectivity index (χ4n) is 4.77. The van der Waals surface area contributed by atoms with Crippen LogP contribution in [0, 0.1) is 17.7 Å². The predicted molar refractivity (Wildman–Crippen MR) is 111 cm³/mol. The van der Waals surface area contributed by atoms with E-state index in [0.29, 0.717) is 28.1 Å². The van der Waals surface area contributed by atoms with Gasteiger partial charge < -0.3 is 9.52 Å². The Labute approximate surface area is 180 Å². The lowest BCUT2D eigenvalue weighted by molar-refractivity contribution is -0.117. The Kier molecular flexibility index (Phi) is 6.17. The number of anilines is 1. The number of aromatic nitrogens is 1. The molecule has 4 rings (SSSR count). The van der Waals surface area contributed by atoms with Gasteiger partial charge in [0.15, 0.2) is 12.2 Å². The maximum Gasteiger partial charge on any atom is 0.326 e. The smallest absolute Gasteiger partial charge is 0.326 e. The number of aryl methyl sites for hydroxylation is 1. The van der Waals surface area contributed by atoms with Crippen LogP contribution in [-0.2, 0) is 27.8 Å². The minimum absolute atomic E-state index is 0.384. The number of hydrogen-bond acceptors (Lipinski definition) is 6. The second-order valence-corrected chi connectivity index (χ2v) is 10.1. The monoisotopic (exact) mass is 451 g/mol. The molecule has 2 N–H and O–H groups in total. The summed E-state index contributed by atoms with van der Waals surface area (Å²) in [7, 11) is -4.18. The van der Waals surface area contributed by atoms with Gasteiger partial charge in [-0.1, -0.05) is 25.7 Å². The molecule has 1 aliphatic carbocycles. The molecule has 2 aromatic rings. The predicted octanol–water partition coefficient (Wildman–Crippen LogP) is 3.07. The van der Waals surface area contributed by atoms with Crippen molar-refractivity contribution in [3.63, 3.8) is 0 Å². The van der Waals surface area contributed by atoms with Gasteiger partial charge in [0.25, 0.3) is 5.91 Å². The number of aromatic hydroxyl groups is 1. The number of phenolic OH excluding ortho intramolecular Hbond substituents is 1. The summed E-state index contributed by atoms with van der Waals surface area (Å²) in [5, 5.41) is 10.3. The molecule has 0 bridgehead atoms. The molecule has 1 aromatic heterocycles. The highest BCUT2D eigenvalue weighted by atomic mass is 32.2. The molecule has 10 heteroatoms. The van der Waals surface area contributed by atoms with Crippen LogP contribution in [0.15, 0.2) is 29.2 Å². The van der Waals surface area contributed by atoms with Crippen LogP contribution >= 0.6 is 0 Å². The number of nitrogens with one attached hydrogen (secondary N) is 1. The minimum atomic E-state index is -4.18. The van der Waals surface area contributed by atoms with Gasteiger partial charge in [-0.15, -0.1) is 0 Å². The van der Waals surface area contributed by atoms with E-state index in [1.807, 2.05) is 0 Å². The lowest BCUT2D eigenvalue weighted by atomic mass is 9.76. The fourth-order valence-corrected chi connectivity index (χ4v) is 5.94. The molecule has 1 aromatic carbocycles. The maximum absolute atomic E-state index is 14.7. The van der Waals surface area contributed by atoms with E-state index in [1.165, 1.54) is 24.9 Å². The highest BCUT2D eigenvalue weighted by molar-refractivity contribution is 7.92. The highest BCUT2D eigenvalue weighted by Crippen LogP contribution is 2.38. The van der Waals surface area contributed by atoms with Crippen LogP contribution in [0.4, 0.5) is 10.1 Å². The van der Waals surface area contributed by atoms with Crippen molar-refractivity contribution in [1.29, 1.82) is 0 Å². The summed E-state index contributed by atoms with van der Waals surface area (Å²) < 4.78 is 46.1. The Bertz CT molecular complexity index is 1020. The number of phenols is 1. The second kappa shape index (κ2) is 8.86. The van der Waals surface area contributed by atoms with Crippen LogP contribution in [0.3, 0.4) is 0 Å². The highest BCUT2D eigenvalue weighted by Gasteiger charge is 2.37. The average molecular weight is 452 g/mol. The van der Waals surface area contributed by atoms with Gasteiger partial charge in [-0.25, -0.2) is 18.4 Å². The number of carbonyl (C=O) groups is 1. The summed E-state index contributed by atoms with van der Waals surface area (Å²) in [5.41, 5.74) is 1.11. The summed E-state index contributed by atoms with van der Waals surface area (Å²) in [4.78, 5) is 15.6. The van der Waals surface area contributed by atoms with Gasteiger partial charge in [0.2, 0.25) is 0 Å². The standard InChI is InChI=1S/C21H26FN3O5S/c22-18-9-16(10-19(26)21(18)25-11-20(27)24-31(25,28)29)8-15-5-1-3-14(7-15)4-2-6-17-12-30-13-23-17/h9-10,12-15,26H,1-8,11H2,(H,24,27). The summed E-state index contributed by atoms with van der Waals surface area (Å²) in [6.45, 7) is -0.551. The molecule has 2 heterocycles. The third-order valence-corrected chi connectivity index (χ3v) is 7.49. The van der Waals surface area contributed by atoms with Crippen LogP contribution < -0.4 is 9.03 Å². The second-order valence-electron chi connectivity index (χ2n) is 8.46. The first kappa shape index (κ1) is 21.6. The van der Waals surface area contributed by atoms with Crippen LogP contribution in [0.1, 0.15) is 49.8 Å². The summed E-state index contributed by atoms with van der Waals surface area (Å²) in [6.07, 6.45) is 11.2. The number of oxazole rings is 1. The third-order valence-electron chi connectivity index (χ3n) is 6.12. The summed E-state index contributed by atoms with van der Waals surface area (Å²) >= 11 is 0. The van der Waals surface area contributed by atoms with Crippen LogP contribution in [0.25, 0.3) is 0 Å². The molecular weight excluding hydrogens is 425 g/mol. The molecular formula is C21H26FN3O5S. The van der Waals surface area contributed by atoms with E-state index in [4.69, 9.17) is 4.42 Å². The molecule has 2 aliphatic rings. The molecule has 1 saturated carbocycles. The first-order chi connectivity index (χ1) is 14.8. The van der Waals surface area contributed by atoms with Crippen molar-refractivity contribution in [3.05, 3.63) is 41.9 Å². The molecule has 168 valence electrons. The van der Waals surface area contributed by atoms with Crippen molar-refractivity contribution in [2.24, 2.45) is 11.8 Å². The molecule has 1 amide bonds. The number of carbonyl (C=O) groups excluding carboxylic acids is 1. The van der Waals surface area contributed by atoms with Gasteiger partial charge in [0.1, 0.15) is 24.2 Å². The lowest BCUT2D eigenvalue weighted by Gasteiger charge is -2.29. The van der Waals surface area contributed by atoms with Gasteiger partial charge in [-0.05, 0) is 55.2 Å². The van der Waals surface area contributed by atoms with Crippen molar-refractivity contribution >= 4 is 21.8 Å². The Hall–Kier alpha value is -2.62. The number of halogens is 1. The number of hydrogen-bond donors (Lipinski definition) is 2. The Balaban J connectivity index is 1.38. The number of amides is 1. The normalized spacial score (nSPS) is 23.1.